The van der Waals surface area contributed by atoms with Crippen LogP contribution in [0.4, 0.5) is 0 Å². The monoisotopic (exact) mass is 154 g/mol. The van der Waals surface area contributed by atoms with Gasteiger partial charge in [-0.1, -0.05) is 32.4 Å². The smallest absolute Gasteiger partial charge is 0.0321 e. The number of allylic oxidation sites excluding steroid dienone is 2. The van der Waals surface area contributed by atoms with E-state index in [4.69, 9.17) is 0 Å². The van der Waals surface area contributed by atoms with Gasteiger partial charge in [0.25, 0.3) is 0 Å². The lowest BCUT2D eigenvalue weighted by Crippen LogP contribution is -1.89. The third-order valence-electron chi connectivity index (χ3n) is 2.18. The SMILES string of the molecule is CC.CC1=CCCC(C)CC1. The van der Waals surface area contributed by atoms with E-state index < -0.39 is 0 Å². The average molecular weight is 154 g/mol. The van der Waals surface area contributed by atoms with Crippen molar-refractivity contribution in [2.45, 2.75) is 53.4 Å². The largest absolute Gasteiger partial charge is 0.0856 e. The second-order valence-electron chi connectivity index (χ2n) is 3.27. The highest BCUT2D eigenvalue weighted by atomic mass is 14.1. The van der Waals surface area contributed by atoms with E-state index in [0.29, 0.717) is 0 Å². The molecule has 0 fully saturated rings. The van der Waals surface area contributed by atoms with Crippen LogP contribution in [0.3, 0.4) is 0 Å². The molecule has 0 aliphatic heterocycles. The van der Waals surface area contributed by atoms with Crippen molar-refractivity contribution in [3.63, 3.8) is 0 Å². The zero-order valence-corrected chi connectivity index (χ0v) is 8.48. The van der Waals surface area contributed by atoms with Crippen LogP contribution in [0.15, 0.2) is 11.6 Å². The van der Waals surface area contributed by atoms with Crippen molar-refractivity contribution in [3.8, 4) is 0 Å². The van der Waals surface area contributed by atoms with Gasteiger partial charge in [-0.15, -0.1) is 0 Å². The molecule has 0 amide bonds. The fraction of sp³-hybridized carbons (Fsp3) is 0.818. The van der Waals surface area contributed by atoms with Gasteiger partial charge in [-0.2, -0.15) is 0 Å². The summed E-state index contributed by atoms with van der Waals surface area (Å²) in [5.41, 5.74) is 1.60. The van der Waals surface area contributed by atoms with Gasteiger partial charge in [0.1, 0.15) is 0 Å². The van der Waals surface area contributed by atoms with E-state index in [2.05, 4.69) is 19.9 Å². The van der Waals surface area contributed by atoms with Crippen molar-refractivity contribution in [2.75, 3.05) is 0 Å². The Morgan fingerprint density at radius 2 is 1.91 bits per heavy atom. The second-order valence-corrected chi connectivity index (χ2v) is 3.27. The Morgan fingerprint density at radius 1 is 1.27 bits per heavy atom. The van der Waals surface area contributed by atoms with Gasteiger partial charge in [-0.05, 0) is 38.5 Å². The molecular formula is C11H22. The quantitative estimate of drug-likeness (QED) is 0.459. The Balaban J connectivity index is 0.000000461. The van der Waals surface area contributed by atoms with Crippen LogP contribution in [0.1, 0.15) is 53.4 Å². The minimum Gasteiger partial charge on any atom is -0.0856 e. The molecule has 0 saturated carbocycles. The van der Waals surface area contributed by atoms with E-state index in [0.717, 1.165) is 5.92 Å². The van der Waals surface area contributed by atoms with E-state index in [1.54, 1.807) is 5.57 Å². The zero-order valence-electron chi connectivity index (χ0n) is 8.48. The summed E-state index contributed by atoms with van der Waals surface area (Å²) in [6.45, 7) is 8.60. The molecule has 11 heavy (non-hydrogen) atoms. The van der Waals surface area contributed by atoms with Crippen molar-refractivity contribution < 1.29 is 0 Å². The molecule has 0 spiro atoms. The van der Waals surface area contributed by atoms with Crippen LogP contribution in [0.25, 0.3) is 0 Å². The summed E-state index contributed by atoms with van der Waals surface area (Å²) in [5, 5.41) is 0. The third kappa shape index (κ3) is 5.06. The molecule has 0 nitrogen and oxygen atoms in total. The fourth-order valence-corrected chi connectivity index (χ4v) is 1.33. The Kier molecular flexibility index (Phi) is 6.30. The van der Waals surface area contributed by atoms with Crippen molar-refractivity contribution in [2.24, 2.45) is 5.92 Å². The normalized spacial score (nSPS) is 24.4. The molecule has 0 aromatic rings. The highest BCUT2D eigenvalue weighted by molar-refractivity contribution is 4.99. The number of rotatable bonds is 0. The Bertz CT molecular complexity index is 111. The summed E-state index contributed by atoms with van der Waals surface area (Å²) in [7, 11) is 0. The van der Waals surface area contributed by atoms with Crippen molar-refractivity contribution >= 4 is 0 Å². The van der Waals surface area contributed by atoms with Gasteiger partial charge in [0.05, 0.1) is 0 Å². The standard InChI is InChI=1S/C9H16.C2H6/c1-8-4-3-5-9(2)7-6-8;1-2/h4,9H,3,5-7H2,1-2H3;1-2H3. The van der Waals surface area contributed by atoms with Crippen molar-refractivity contribution in [1.29, 1.82) is 0 Å². The van der Waals surface area contributed by atoms with Gasteiger partial charge < -0.3 is 0 Å². The highest BCUT2D eigenvalue weighted by Gasteiger charge is 2.04. The molecule has 66 valence electrons. The molecule has 0 aromatic heterocycles. The Hall–Kier alpha value is -0.260. The van der Waals surface area contributed by atoms with Crippen LogP contribution in [0, 0.1) is 5.92 Å². The summed E-state index contributed by atoms with van der Waals surface area (Å²) < 4.78 is 0. The summed E-state index contributed by atoms with van der Waals surface area (Å²) in [6.07, 6.45) is 7.84. The van der Waals surface area contributed by atoms with E-state index in [1.165, 1.54) is 25.7 Å². The summed E-state index contributed by atoms with van der Waals surface area (Å²) in [5.74, 6) is 0.957. The van der Waals surface area contributed by atoms with E-state index >= 15 is 0 Å². The molecule has 1 rings (SSSR count). The van der Waals surface area contributed by atoms with Gasteiger partial charge >= 0.3 is 0 Å². The minimum atomic E-state index is 0.957. The number of hydrogen-bond donors (Lipinski definition) is 0. The molecular weight excluding hydrogens is 132 g/mol. The molecule has 0 aromatic carbocycles. The first-order valence-electron chi connectivity index (χ1n) is 4.94. The van der Waals surface area contributed by atoms with Crippen LogP contribution < -0.4 is 0 Å². The summed E-state index contributed by atoms with van der Waals surface area (Å²) in [4.78, 5) is 0. The average Bonchev–Trinajstić information content (AvgIpc) is 2.20. The molecule has 1 atom stereocenters. The molecule has 0 heterocycles. The maximum absolute atomic E-state index is 2.39. The predicted molar refractivity (Wildman–Crippen MR) is 52.7 cm³/mol. The molecule has 0 bridgehead atoms. The molecule has 0 saturated heterocycles. The molecule has 0 radical (unpaired) electrons. The maximum Gasteiger partial charge on any atom is -0.0321 e. The third-order valence-corrected chi connectivity index (χ3v) is 2.18. The van der Waals surface area contributed by atoms with E-state index in [-0.39, 0.29) is 0 Å². The summed E-state index contributed by atoms with van der Waals surface area (Å²) in [6, 6.07) is 0. The Morgan fingerprint density at radius 3 is 2.55 bits per heavy atom. The number of hydrogen-bond acceptors (Lipinski definition) is 0. The fourth-order valence-electron chi connectivity index (χ4n) is 1.33. The lowest BCUT2D eigenvalue weighted by molar-refractivity contribution is 0.510. The van der Waals surface area contributed by atoms with Crippen LogP contribution in [-0.2, 0) is 0 Å². The zero-order chi connectivity index (χ0) is 8.69. The van der Waals surface area contributed by atoms with Gasteiger partial charge in [0, 0.05) is 0 Å². The minimum absolute atomic E-state index is 0.957. The molecule has 1 aliphatic carbocycles. The van der Waals surface area contributed by atoms with Gasteiger partial charge in [0.15, 0.2) is 0 Å². The first-order chi connectivity index (χ1) is 5.29. The molecule has 0 N–H and O–H groups in total. The first kappa shape index (κ1) is 10.7. The lowest BCUT2D eigenvalue weighted by Gasteiger charge is -2.04. The van der Waals surface area contributed by atoms with Gasteiger partial charge in [-0.25, -0.2) is 0 Å². The van der Waals surface area contributed by atoms with E-state index in [9.17, 15) is 0 Å². The molecule has 1 unspecified atom stereocenters. The first-order valence-corrected chi connectivity index (χ1v) is 4.94. The molecule has 0 heteroatoms. The Labute approximate surface area is 71.7 Å². The lowest BCUT2D eigenvalue weighted by atomic mass is 10.0. The van der Waals surface area contributed by atoms with Crippen molar-refractivity contribution in [3.05, 3.63) is 11.6 Å². The van der Waals surface area contributed by atoms with Gasteiger partial charge in [0.2, 0.25) is 0 Å². The van der Waals surface area contributed by atoms with Crippen LogP contribution >= 0.6 is 0 Å². The topological polar surface area (TPSA) is 0 Å². The van der Waals surface area contributed by atoms with Crippen LogP contribution in [0.2, 0.25) is 0 Å². The maximum atomic E-state index is 2.39. The van der Waals surface area contributed by atoms with E-state index in [1.807, 2.05) is 13.8 Å². The van der Waals surface area contributed by atoms with Crippen LogP contribution in [-0.4, -0.2) is 0 Å². The van der Waals surface area contributed by atoms with Crippen LogP contribution in [0.5, 0.6) is 0 Å². The van der Waals surface area contributed by atoms with Crippen molar-refractivity contribution in [1.82, 2.24) is 0 Å². The predicted octanol–water partition coefficient (Wildman–Crippen LogP) is 4.17. The molecule has 1 aliphatic rings. The van der Waals surface area contributed by atoms with Gasteiger partial charge in [-0.3, -0.25) is 0 Å². The summed E-state index contributed by atoms with van der Waals surface area (Å²) >= 11 is 0. The second kappa shape index (κ2) is 6.45. The highest BCUT2D eigenvalue weighted by Crippen LogP contribution is 2.21.